The summed E-state index contributed by atoms with van der Waals surface area (Å²) in [7, 11) is 3.41. The second kappa shape index (κ2) is 8.95. The lowest BCUT2D eigenvalue weighted by Crippen LogP contribution is -2.37. The van der Waals surface area contributed by atoms with Gasteiger partial charge in [-0.1, -0.05) is 12.5 Å². The molecule has 0 bridgehead atoms. The summed E-state index contributed by atoms with van der Waals surface area (Å²) in [6, 6.07) is 7.19. The quantitative estimate of drug-likeness (QED) is 0.761. The van der Waals surface area contributed by atoms with Gasteiger partial charge in [-0.05, 0) is 37.0 Å². The number of rotatable bonds is 6. The molecule has 8 heteroatoms. The molecule has 1 aromatic carbocycles. The number of nitrogens with zero attached hydrogens (tertiary/aromatic N) is 2. The Hall–Kier alpha value is -1.76. The molecule has 0 unspecified atom stereocenters. The van der Waals surface area contributed by atoms with Crippen LogP contribution in [0.1, 0.15) is 47.5 Å². The van der Waals surface area contributed by atoms with E-state index in [1.807, 2.05) is 19.2 Å². The minimum atomic E-state index is -0.171. The van der Waals surface area contributed by atoms with Crippen LogP contribution in [0.5, 0.6) is 5.75 Å². The Balaban J connectivity index is 0.00000131. The molecule has 0 spiro atoms. The molecule has 2 aliphatic rings. The predicted octanol–water partition coefficient (Wildman–Crippen LogP) is 3.52. The van der Waals surface area contributed by atoms with Crippen molar-refractivity contribution in [3.63, 3.8) is 0 Å². The van der Waals surface area contributed by atoms with E-state index in [1.54, 1.807) is 24.2 Å². The summed E-state index contributed by atoms with van der Waals surface area (Å²) < 4.78 is 7.04. The van der Waals surface area contributed by atoms with Crippen molar-refractivity contribution in [3.05, 3.63) is 41.7 Å². The summed E-state index contributed by atoms with van der Waals surface area (Å²) in [5.41, 5.74) is 2.45. The minimum absolute atomic E-state index is 0. The van der Waals surface area contributed by atoms with E-state index in [0.717, 1.165) is 6.42 Å². The highest BCUT2D eigenvalue weighted by Crippen LogP contribution is 2.43. The first-order valence-electron chi connectivity index (χ1n) is 8.88. The molecule has 2 atom stereocenters. The van der Waals surface area contributed by atoms with Crippen LogP contribution in [0.25, 0.3) is 0 Å². The molecule has 148 valence electrons. The van der Waals surface area contributed by atoms with Crippen LogP contribution < -0.4 is 15.4 Å². The van der Waals surface area contributed by atoms with E-state index in [2.05, 4.69) is 21.8 Å². The summed E-state index contributed by atoms with van der Waals surface area (Å²) in [5.74, 6) is 0.918. The summed E-state index contributed by atoms with van der Waals surface area (Å²) in [4.78, 5) is 12.7. The van der Waals surface area contributed by atoms with Gasteiger partial charge in [-0.2, -0.15) is 5.10 Å². The van der Waals surface area contributed by atoms with E-state index in [9.17, 15) is 4.79 Å². The predicted molar refractivity (Wildman–Crippen MR) is 111 cm³/mol. The van der Waals surface area contributed by atoms with E-state index in [4.69, 9.17) is 4.74 Å². The van der Waals surface area contributed by atoms with Gasteiger partial charge in [0.1, 0.15) is 5.75 Å². The molecule has 2 aliphatic carbocycles. The molecule has 1 aromatic heterocycles. The highest BCUT2D eigenvalue weighted by atomic mass is 35.5. The Morgan fingerprint density at radius 2 is 2.07 bits per heavy atom. The number of benzene rings is 1. The summed E-state index contributed by atoms with van der Waals surface area (Å²) in [6.45, 7) is 0. The van der Waals surface area contributed by atoms with E-state index in [0.29, 0.717) is 35.0 Å². The molecule has 2 aromatic rings. The largest absolute Gasteiger partial charge is 0.496 e. The number of carbonyl (C=O) groups excluding carboxylic acids is 1. The third-order valence-corrected chi connectivity index (χ3v) is 5.20. The smallest absolute Gasteiger partial charge is 0.259 e. The van der Waals surface area contributed by atoms with Crippen LogP contribution in [-0.4, -0.2) is 34.9 Å². The van der Waals surface area contributed by atoms with Gasteiger partial charge >= 0.3 is 0 Å². The fourth-order valence-corrected chi connectivity index (χ4v) is 3.44. The monoisotopic (exact) mass is 412 g/mol. The molecule has 0 radical (unpaired) electrons. The maximum Gasteiger partial charge on any atom is 0.259 e. The van der Waals surface area contributed by atoms with Crippen LogP contribution in [0.2, 0.25) is 0 Å². The van der Waals surface area contributed by atoms with E-state index >= 15 is 0 Å². The van der Waals surface area contributed by atoms with Gasteiger partial charge in [0.15, 0.2) is 0 Å². The Morgan fingerprint density at radius 1 is 1.30 bits per heavy atom. The number of carbonyl (C=O) groups is 1. The number of amides is 1. The third-order valence-electron chi connectivity index (χ3n) is 5.20. The number of nitrogens with one attached hydrogen (secondary N) is 2. The Morgan fingerprint density at radius 3 is 2.67 bits per heavy atom. The fraction of sp³-hybridized carbons (Fsp3) is 0.474. The summed E-state index contributed by atoms with van der Waals surface area (Å²) in [6.07, 6.45) is 8.49. The molecule has 27 heavy (non-hydrogen) atoms. The van der Waals surface area contributed by atoms with E-state index < -0.39 is 0 Å². The average molecular weight is 413 g/mol. The molecular weight excluding hydrogens is 387 g/mol. The summed E-state index contributed by atoms with van der Waals surface area (Å²) >= 11 is 0. The topological polar surface area (TPSA) is 68.2 Å². The zero-order chi connectivity index (χ0) is 17.4. The highest BCUT2D eigenvalue weighted by molar-refractivity contribution is 6.06. The van der Waals surface area contributed by atoms with Crippen molar-refractivity contribution in [1.82, 2.24) is 15.1 Å². The van der Waals surface area contributed by atoms with Crippen LogP contribution in [0, 0.1) is 0 Å². The lowest BCUT2D eigenvalue weighted by Gasteiger charge is -2.26. The van der Waals surface area contributed by atoms with Crippen molar-refractivity contribution in [3.8, 4) is 5.75 Å². The minimum Gasteiger partial charge on any atom is -0.496 e. The van der Waals surface area contributed by atoms with Crippen LogP contribution in [0.3, 0.4) is 0 Å². The van der Waals surface area contributed by atoms with Gasteiger partial charge in [0.2, 0.25) is 0 Å². The zero-order valence-corrected chi connectivity index (χ0v) is 17.1. The molecule has 0 saturated heterocycles. The van der Waals surface area contributed by atoms with Crippen molar-refractivity contribution < 1.29 is 9.53 Å². The lowest BCUT2D eigenvalue weighted by atomic mass is 9.93. The standard InChI is InChI=1S/C19H24N4O2.2ClH/c1-23-11-14(10-20-23)22-19(24)16-8-12(6-7-18(16)25-2)15-9-17(15)21-13-4-3-5-13;;/h6-8,10-11,13,15,17,21H,3-5,9H2,1-2H3,(H,22,24);2*1H/t15-,17+;;/m0../s1. The first-order chi connectivity index (χ1) is 12.1. The van der Waals surface area contributed by atoms with Gasteiger partial charge in [-0.3, -0.25) is 9.48 Å². The van der Waals surface area contributed by atoms with Crippen molar-refractivity contribution in [1.29, 1.82) is 0 Å². The lowest BCUT2D eigenvalue weighted by molar-refractivity contribution is 0.102. The second-order valence-corrected chi connectivity index (χ2v) is 7.06. The Kier molecular flexibility index (Phi) is 7.14. The number of halogens is 2. The molecule has 1 amide bonds. The first-order valence-corrected chi connectivity index (χ1v) is 8.88. The molecule has 2 N–H and O–H groups in total. The molecule has 0 aliphatic heterocycles. The zero-order valence-electron chi connectivity index (χ0n) is 15.5. The number of hydrogen-bond acceptors (Lipinski definition) is 4. The van der Waals surface area contributed by atoms with Crippen molar-refractivity contribution in [2.45, 2.75) is 43.7 Å². The second-order valence-electron chi connectivity index (χ2n) is 7.06. The highest BCUT2D eigenvalue weighted by Gasteiger charge is 2.40. The number of methoxy groups -OCH3 is 1. The van der Waals surface area contributed by atoms with E-state index in [-0.39, 0.29) is 30.7 Å². The molecule has 2 fully saturated rings. The fourth-order valence-electron chi connectivity index (χ4n) is 3.44. The van der Waals surface area contributed by atoms with Gasteiger partial charge in [-0.15, -0.1) is 24.8 Å². The molecule has 6 nitrogen and oxygen atoms in total. The van der Waals surface area contributed by atoms with Crippen LogP contribution in [-0.2, 0) is 7.05 Å². The molecule has 4 rings (SSSR count). The molecule has 2 saturated carbocycles. The Labute approximate surface area is 171 Å². The van der Waals surface area contributed by atoms with Gasteiger partial charge in [0, 0.05) is 31.2 Å². The van der Waals surface area contributed by atoms with E-state index in [1.165, 1.54) is 24.8 Å². The van der Waals surface area contributed by atoms with Gasteiger partial charge < -0.3 is 15.4 Å². The molecule has 1 heterocycles. The van der Waals surface area contributed by atoms with Crippen LogP contribution in [0.15, 0.2) is 30.6 Å². The van der Waals surface area contributed by atoms with Crippen molar-refractivity contribution >= 4 is 36.4 Å². The number of hydrogen-bond donors (Lipinski definition) is 2. The van der Waals surface area contributed by atoms with Gasteiger partial charge in [0.05, 0.1) is 24.6 Å². The van der Waals surface area contributed by atoms with Crippen LogP contribution >= 0.6 is 24.8 Å². The third kappa shape index (κ3) is 4.75. The number of aromatic nitrogens is 2. The average Bonchev–Trinajstić information content (AvgIpc) is 3.24. The van der Waals surface area contributed by atoms with Crippen LogP contribution in [0.4, 0.5) is 5.69 Å². The first kappa shape index (κ1) is 21.5. The number of anilines is 1. The SMILES string of the molecule is COc1ccc([C@@H]2C[C@H]2NC2CCC2)cc1C(=O)Nc1cnn(C)c1.Cl.Cl. The molecular formula is C19H26Cl2N4O2. The van der Waals surface area contributed by atoms with Gasteiger partial charge in [-0.25, -0.2) is 0 Å². The maximum atomic E-state index is 12.7. The number of ether oxygens (including phenoxy) is 1. The van der Waals surface area contributed by atoms with Gasteiger partial charge in [0.25, 0.3) is 5.91 Å². The summed E-state index contributed by atoms with van der Waals surface area (Å²) in [5, 5.41) is 10.7. The Bertz CT molecular complexity index is 792. The normalized spacial score (nSPS) is 20.7. The maximum absolute atomic E-state index is 12.7. The van der Waals surface area contributed by atoms with Crippen molar-refractivity contribution in [2.75, 3.05) is 12.4 Å². The number of aryl methyl sites for hydroxylation is 1. The van der Waals surface area contributed by atoms with Crippen molar-refractivity contribution in [2.24, 2.45) is 7.05 Å².